The van der Waals surface area contributed by atoms with Gasteiger partial charge in [0.05, 0.1) is 6.10 Å². The fourth-order valence-electron chi connectivity index (χ4n) is 1.10. The first-order valence-corrected chi connectivity index (χ1v) is 4.83. The van der Waals surface area contributed by atoms with Crippen molar-refractivity contribution in [2.75, 3.05) is 0 Å². The van der Waals surface area contributed by atoms with Crippen LogP contribution in [0.3, 0.4) is 0 Å². The summed E-state index contributed by atoms with van der Waals surface area (Å²) < 4.78 is 42.7. The van der Waals surface area contributed by atoms with Crippen LogP contribution in [0.1, 0.15) is 40.5 Å². The van der Waals surface area contributed by atoms with Gasteiger partial charge in [0.2, 0.25) is 0 Å². The van der Waals surface area contributed by atoms with Crippen molar-refractivity contribution >= 4 is 0 Å². The molecule has 1 fully saturated rings. The molecule has 0 aromatic rings. The van der Waals surface area contributed by atoms with E-state index in [1.165, 1.54) is 0 Å². The lowest BCUT2D eigenvalue weighted by atomic mass is 9.90. The number of hydrogen-bond acceptors (Lipinski definition) is 1. The molecule has 0 heterocycles. The van der Waals surface area contributed by atoms with Crippen molar-refractivity contribution in [1.82, 2.24) is 0 Å². The zero-order valence-electron chi connectivity index (χ0n) is 9.03. The van der Waals surface area contributed by atoms with Gasteiger partial charge in [0.25, 0.3) is 0 Å². The first-order chi connectivity index (χ1) is 6.08. The summed E-state index contributed by atoms with van der Waals surface area (Å²) in [6, 6.07) is 0. The van der Waals surface area contributed by atoms with E-state index in [9.17, 15) is 13.2 Å². The molecular formula is C10H17F3O. The Morgan fingerprint density at radius 1 is 1.14 bits per heavy atom. The highest BCUT2D eigenvalue weighted by molar-refractivity contribution is 5.03. The van der Waals surface area contributed by atoms with Crippen molar-refractivity contribution in [3.05, 3.63) is 0 Å². The Kier molecular flexibility index (Phi) is 2.64. The zero-order chi connectivity index (χ0) is 11.2. The van der Waals surface area contributed by atoms with Crippen molar-refractivity contribution < 1.29 is 17.9 Å². The van der Waals surface area contributed by atoms with Gasteiger partial charge in [-0.2, -0.15) is 13.2 Å². The Labute approximate surface area is 82.6 Å². The summed E-state index contributed by atoms with van der Waals surface area (Å²) in [6.45, 7) is 7.34. The summed E-state index contributed by atoms with van der Waals surface area (Å²) in [7, 11) is 0. The smallest absolute Gasteiger partial charge is 0.362 e. The SMILES string of the molecule is C[C@@H](OC1(C(F)(F)F)CC1)C(C)(C)C. The van der Waals surface area contributed by atoms with E-state index in [4.69, 9.17) is 4.74 Å². The minimum absolute atomic E-state index is 0.108. The fourth-order valence-corrected chi connectivity index (χ4v) is 1.10. The average molecular weight is 210 g/mol. The van der Waals surface area contributed by atoms with Gasteiger partial charge < -0.3 is 4.74 Å². The first-order valence-electron chi connectivity index (χ1n) is 4.83. The van der Waals surface area contributed by atoms with Gasteiger partial charge in [-0.3, -0.25) is 0 Å². The summed E-state index contributed by atoms with van der Waals surface area (Å²) >= 11 is 0. The number of rotatable bonds is 2. The molecule has 1 atom stereocenters. The lowest BCUT2D eigenvalue weighted by molar-refractivity contribution is -0.255. The number of halogens is 3. The second kappa shape index (κ2) is 3.12. The van der Waals surface area contributed by atoms with Gasteiger partial charge in [-0.15, -0.1) is 0 Å². The predicted octanol–water partition coefficient (Wildman–Crippen LogP) is 3.53. The Hall–Kier alpha value is -0.250. The largest absolute Gasteiger partial charge is 0.417 e. The molecule has 0 unspecified atom stereocenters. The van der Waals surface area contributed by atoms with Crippen LogP contribution in [0.15, 0.2) is 0 Å². The van der Waals surface area contributed by atoms with Gasteiger partial charge in [-0.25, -0.2) is 0 Å². The van der Waals surface area contributed by atoms with E-state index in [2.05, 4.69) is 0 Å². The molecule has 0 saturated heterocycles. The van der Waals surface area contributed by atoms with Gasteiger partial charge in [0.15, 0.2) is 5.60 Å². The Bertz CT molecular complexity index is 210. The van der Waals surface area contributed by atoms with Gasteiger partial charge in [0.1, 0.15) is 0 Å². The van der Waals surface area contributed by atoms with Crippen LogP contribution >= 0.6 is 0 Å². The van der Waals surface area contributed by atoms with Crippen LogP contribution in [0.4, 0.5) is 13.2 Å². The molecule has 1 aliphatic carbocycles. The molecule has 1 aliphatic rings. The lowest BCUT2D eigenvalue weighted by Gasteiger charge is -2.32. The summed E-state index contributed by atoms with van der Waals surface area (Å²) in [5.41, 5.74) is -2.08. The molecule has 0 aromatic heterocycles. The molecule has 4 heteroatoms. The topological polar surface area (TPSA) is 9.23 Å². The fraction of sp³-hybridized carbons (Fsp3) is 1.00. The van der Waals surface area contributed by atoms with Crippen LogP contribution < -0.4 is 0 Å². The molecule has 14 heavy (non-hydrogen) atoms. The maximum Gasteiger partial charge on any atom is 0.417 e. The molecular weight excluding hydrogens is 193 g/mol. The second-order valence-corrected chi connectivity index (χ2v) is 5.12. The molecule has 84 valence electrons. The molecule has 0 bridgehead atoms. The molecule has 0 spiro atoms. The number of hydrogen-bond donors (Lipinski definition) is 0. The zero-order valence-corrected chi connectivity index (χ0v) is 9.03. The quantitative estimate of drug-likeness (QED) is 0.677. The third kappa shape index (κ3) is 2.22. The molecule has 1 nitrogen and oxygen atoms in total. The highest BCUT2D eigenvalue weighted by Crippen LogP contribution is 2.53. The van der Waals surface area contributed by atoms with Crippen molar-refractivity contribution in [2.24, 2.45) is 5.41 Å². The Morgan fingerprint density at radius 3 is 1.79 bits per heavy atom. The van der Waals surface area contributed by atoms with E-state index in [-0.39, 0.29) is 24.4 Å². The minimum atomic E-state index is -4.22. The van der Waals surface area contributed by atoms with E-state index in [0.717, 1.165) is 0 Å². The second-order valence-electron chi connectivity index (χ2n) is 5.12. The van der Waals surface area contributed by atoms with Crippen LogP contribution in [-0.2, 0) is 4.74 Å². The summed E-state index contributed by atoms with van der Waals surface area (Å²) in [4.78, 5) is 0. The van der Waals surface area contributed by atoms with Gasteiger partial charge in [-0.1, -0.05) is 20.8 Å². The summed E-state index contributed by atoms with van der Waals surface area (Å²) in [6.07, 6.45) is -4.38. The van der Waals surface area contributed by atoms with E-state index in [1.54, 1.807) is 6.92 Å². The predicted molar refractivity (Wildman–Crippen MR) is 48.0 cm³/mol. The van der Waals surface area contributed by atoms with Crippen LogP contribution in [-0.4, -0.2) is 17.9 Å². The molecule has 1 rings (SSSR count). The molecule has 0 aliphatic heterocycles. The van der Waals surface area contributed by atoms with Gasteiger partial charge in [-0.05, 0) is 25.2 Å². The Morgan fingerprint density at radius 2 is 1.57 bits per heavy atom. The molecule has 0 amide bonds. The summed E-state index contributed by atoms with van der Waals surface area (Å²) in [5, 5.41) is 0. The first kappa shape index (κ1) is 11.8. The highest BCUT2D eigenvalue weighted by atomic mass is 19.4. The molecule has 0 radical (unpaired) electrons. The van der Waals surface area contributed by atoms with Gasteiger partial charge >= 0.3 is 6.18 Å². The van der Waals surface area contributed by atoms with E-state index < -0.39 is 11.8 Å². The van der Waals surface area contributed by atoms with Gasteiger partial charge in [0, 0.05) is 0 Å². The molecule has 1 saturated carbocycles. The monoisotopic (exact) mass is 210 g/mol. The normalized spacial score (nSPS) is 23.4. The third-order valence-corrected chi connectivity index (χ3v) is 2.84. The van der Waals surface area contributed by atoms with Crippen LogP contribution in [0.2, 0.25) is 0 Å². The minimum Gasteiger partial charge on any atom is -0.362 e. The lowest BCUT2D eigenvalue weighted by Crippen LogP contribution is -2.40. The number of alkyl halides is 3. The maximum atomic E-state index is 12.5. The van der Waals surface area contributed by atoms with E-state index in [0.29, 0.717) is 0 Å². The maximum absolute atomic E-state index is 12.5. The van der Waals surface area contributed by atoms with Crippen LogP contribution in [0.5, 0.6) is 0 Å². The Balaban J connectivity index is 2.62. The average Bonchev–Trinajstić information content (AvgIpc) is 2.64. The highest BCUT2D eigenvalue weighted by Gasteiger charge is 2.65. The van der Waals surface area contributed by atoms with E-state index >= 15 is 0 Å². The number of ether oxygens (including phenoxy) is 1. The molecule has 0 N–H and O–H groups in total. The molecule has 0 aromatic carbocycles. The van der Waals surface area contributed by atoms with Crippen molar-refractivity contribution in [1.29, 1.82) is 0 Å². The van der Waals surface area contributed by atoms with Crippen molar-refractivity contribution in [2.45, 2.75) is 58.4 Å². The summed E-state index contributed by atoms with van der Waals surface area (Å²) in [5.74, 6) is 0. The van der Waals surface area contributed by atoms with Crippen LogP contribution in [0, 0.1) is 5.41 Å². The standard InChI is InChI=1S/C10H17F3O/c1-7(8(2,3)4)14-9(5-6-9)10(11,12)13/h7H,5-6H2,1-4H3/t7-/m1/s1. The van der Waals surface area contributed by atoms with E-state index in [1.807, 2.05) is 20.8 Å². The van der Waals surface area contributed by atoms with Crippen LogP contribution in [0.25, 0.3) is 0 Å². The third-order valence-electron chi connectivity index (χ3n) is 2.84. The van der Waals surface area contributed by atoms with Crippen molar-refractivity contribution in [3.8, 4) is 0 Å². The van der Waals surface area contributed by atoms with Crippen molar-refractivity contribution in [3.63, 3.8) is 0 Å².